The zero-order valence-corrected chi connectivity index (χ0v) is 13.7. The van der Waals surface area contributed by atoms with Gasteiger partial charge in [0.25, 0.3) is 0 Å². The summed E-state index contributed by atoms with van der Waals surface area (Å²) in [6.07, 6.45) is 4.63. The SMILES string of the molecule is CN(Cc1cc2ccccc2o1)C(=O)[C@@]12CCCC[C@H]1CNC2. The van der Waals surface area contributed by atoms with Crippen molar-refractivity contribution >= 4 is 16.9 Å². The molecular formula is C19H24N2O2. The number of para-hydroxylation sites is 1. The predicted molar refractivity (Wildman–Crippen MR) is 89.9 cm³/mol. The van der Waals surface area contributed by atoms with E-state index in [-0.39, 0.29) is 11.3 Å². The second-order valence-corrected chi connectivity index (χ2v) is 7.14. The molecule has 2 aliphatic rings. The number of benzene rings is 1. The van der Waals surface area contributed by atoms with Crippen LogP contribution in [0, 0.1) is 11.3 Å². The minimum Gasteiger partial charge on any atom is -0.459 e. The van der Waals surface area contributed by atoms with Crippen LogP contribution in [-0.2, 0) is 11.3 Å². The van der Waals surface area contributed by atoms with E-state index in [9.17, 15) is 4.79 Å². The lowest BCUT2D eigenvalue weighted by atomic mass is 9.67. The van der Waals surface area contributed by atoms with Gasteiger partial charge in [-0.05, 0) is 37.4 Å². The largest absolute Gasteiger partial charge is 0.459 e. The molecule has 2 atom stereocenters. The van der Waals surface area contributed by atoms with Gasteiger partial charge in [0.05, 0.1) is 12.0 Å². The Hall–Kier alpha value is -1.81. The summed E-state index contributed by atoms with van der Waals surface area (Å²) in [5.41, 5.74) is 0.707. The topological polar surface area (TPSA) is 45.5 Å². The molecule has 0 bridgehead atoms. The van der Waals surface area contributed by atoms with E-state index in [1.54, 1.807) is 0 Å². The van der Waals surface area contributed by atoms with Crippen LogP contribution < -0.4 is 5.32 Å². The Bertz CT molecular complexity index is 690. The summed E-state index contributed by atoms with van der Waals surface area (Å²) in [6.45, 7) is 2.37. The summed E-state index contributed by atoms with van der Waals surface area (Å²) >= 11 is 0. The lowest BCUT2D eigenvalue weighted by Crippen LogP contribution is -2.48. The second-order valence-electron chi connectivity index (χ2n) is 7.14. The second kappa shape index (κ2) is 5.68. The molecule has 23 heavy (non-hydrogen) atoms. The van der Waals surface area contributed by atoms with Crippen LogP contribution in [-0.4, -0.2) is 30.9 Å². The molecular weight excluding hydrogens is 288 g/mol. The quantitative estimate of drug-likeness (QED) is 0.947. The highest BCUT2D eigenvalue weighted by atomic mass is 16.3. The van der Waals surface area contributed by atoms with Gasteiger partial charge in [-0.3, -0.25) is 4.79 Å². The molecule has 1 saturated heterocycles. The van der Waals surface area contributed by atoms with Crippen LogP contribution >= 0.6 is 0 Å². The van der Waals surface area contributed by atoms with Crippen LogP contribution in [0.2, 0.25) is 0 Å². The first-order valence-electron chi connectivity index (χ1n) is 8.63. The molecule has 1 saturated carbocycles. The first-order valence-corrected chi connectivity index (χ1v) is 8.63. The van der Waals surface area contributed by atoms with E-state index in [1.165, 1.54) is 19.3 Å². The number of hydrogen-bond acceptors (Lipinski definition) is 3. The molecule has 0 spiro atoms. The predicted octanol–water partition coefficient (Wildman–Crippen LogP) is 3.17. The Balaban J connectivity index is 1.54. The van der Waals surface area contributed by atoms with Gasteiger partial charge in [-0.1, -0.05) is 31.0 Å². The van der Waals surface area contributed by atoms with Crippen molar-refractivity contribution in [1.82, 2.24) is 10.2 Å². The molecule has 1 N–H and O–H groups in total. The summed E-state index contributed by atoms with van der Waals surface area (Å²) in [7, 11) is 1.91. The van der Waals surface area contributed by atoms with E-state index in [0.29, 0.717) is 12.5 Å². The van der Waals surface area contributed by atoms with E-state index in [4.69, 9.17) is 4.42 Å². The fourth-order valence-electron chi connectivity index (χ4n) is 4.47. The Morgan fingerprint density at radius 2 is 2.26 bits per heavy atom. The van der Waals surface area contributed by atoms with E-state index in [1.807, 2.05) is 42.3 Å². The molecule has 2 heterocycles. The zero-order chi connectivity index (χ0) is 15.9. The minimum atomic E-state index is -0.182. The molecule has 122 valence electrons. The van der Waals surface area contributed by atoms with E-state index < -0.39 is 0 Å². The maximum Gasteiger partial charge on any atom is 0.230 e. The van der Waals surface area contributed by atoms with Crippen molar-refractivity contribution in [1.29, 1.82) is 0 Å². The first kappa shape index (κ1) is 14.8. The average Bonchev–Trinajstić information content (AvgIpc) is 3.17. The molecule has 0 radical (unpaired) electrons. The first-order chi connectivity index (χ1) is 11.2. The molecule has 4 heteroatoms. The number of amides is 1. The van der Waals surface area contributed by atoms with Crippen molar-refractivity contribution in [2.75, 3.05) is 20.1 Å². The highest BCUT2D eigenvalue weighted by Gasteiger charge is 2.50. The van der Waals surface area contributed by atoms with Crippen LogP contribution in [0.25, 0.3) is 11.0 Å². The van der Waals surface area contributed by atoms with Crippen molar-refractivity contribution in [2.24, 2.45) is 11.3 Å². The monoisotopic (exact) mass is 312 g/mol. The Morgan fingerprint density at radius 1 is 1.39 bits per heavy atom. The molecule has 1 aliphatic heterocycles. The molecule has 4 nitrogen and oxygen atoms in total. The van der Waals surface area contributed by atoms with Gasteiger partial charge >= 0.3 is 0 Å². The van der Waals surface area contributed by atoms with E-state index >= 15 is 0 Å². The van der Waals surface area contributed by atoms with Gasteiger partial charge in [0.1, 0.15) is 11.3 Å². The standard InChI is InChI=1S/C19H24N2O2/c1-21(12-16-10-14-6-2-3-8-17(14)23-16)18(22)19-9-5-4-7-15(19)11-20-13-19/h2-3,6,8,10,15,20H,4-5,7,9,11-13H2,1H3/t15-,19+/m0/s1. The van der Waals surface area contributed by atoms with Crippen LogP contribution in [0.4, 0.5) is 0 Å². The molecule has 2 fully saturated rings. The maximum absolute atomic E-state index is 13.2. The van der Waals surface area contributed by atoms with Crippen molar-refractivity contribution in [2.45, 2.75) is 32.2 Å². The smallest absolute Gasteiger partial charge is 0.230 e. The Kier molecular flexibility index (Phi) is 3.64. The lowest BCUT2D eigenvalue weighted by molar-refractivity contribution is -0.144. The fourth-order valence-corrected chi connectivity index (χ4v) is 4.47. The van der Waals surface area contributed by atoms with Crippen molar-refractivity contribution in [3.05, 3.63) is 36.1 Å². The van der Waals surface area contributed by atoms with Crippen LogP contribution in [0.1, 0.15) is 31.4 Å². The number of furan rings is 1. The van der Waals surface area contributed by atoms with E-state index in [0.717, 1.165) is 36.2 Å². The molecule has 1 aromatic carbocycles. The number of carbonyl (C=O) groups excluding carboxylic acids is 1. The summed E-state index contributed by atoms with van der Waals surface area (Å²) in [5, 5.41) is 4.55. The van der Waals surface area contributed by atoms with E-state index in [2.05, 4.69) is 5.32 Å². The third kappa shape index (κ3) is 2.45. The molecule has 1 amide bonds. The van der Waals surface area contributed by atoms with Gasteiger partial charge in [-0.15, -0.1) is 0 Å². The van der Waals surface area contributed by atoms with Crippen molar-refractivity contribution < 1.29 is 9.21 Å². The zero-order valence-electron chi connectivity index (χ0n) is 13.7. The number of nitrogens with zero attached hydrogens (tertiary/aromatic N) is 1. The van der Waals surface area contributed by atoms with Gasteiger partial charge in [-0.25, -0.2) is 0 Å². The van der Waals surface area contributed by atoms with Crippen LogP contribution in [0.15, 0.2) is 34.7 Å². The van der Waals surface area contributed by atoms with Gasteiger partial charge < -0.3 is 14.6 Å². The highest BCUT2D eigenvalue weighted by molar-refractivity contribution is 5.84. The molecule has 2 aromatic rings. The molecule has 0 unspecified atom stereocenters. The Morgan fingerprint density at radius 3 is 3.13 bits per heavy atom. The normalized spacial score (nSPS) is 27.1. The van der Waals surface area contributed by atoms with Gasteiger partial charge in [0, 0.05) is 19.0 Å². The number of fused-ring (bicyclic) bond motifs is 2. The summed E-state index contributed by atoms with van der Waals surface area (Å²) in [5.74, 6) is 1.64. The molecule has 1 aliphatic carbocycles. The highest BCUT2D eigenvalue weighted by Crippen LogP contribution is 2.45. The van der Waals surface area contributed by atoms with Gasteiger partial charge in [0.15, 0.2) is 0 Å². The maximum atomic E-state index is 13.2. The minimum absolute atomic E-state index is 0.182. The summed E-state index contributed by atoms with van der Waals surface area (Å²) in [4.78, 5) is 15.0. The van der Waals surface area contributed by atoms with Gasteiger partial charge in [0.2, 0.25) is 5.91 Å². The van der Waals surface area contributed by atoms with Gasteiger partial charge in [-0.2, -0.15) is 0 Å². The number of rotatable bonds is 3. The average molecular weight is 312 g/mol. The third-order valence-electron chi connectivity index (χ3n) is 5.68. The van der Waals surface area contributed by atoms with Crippen LogP contribution in [0.5, 0.6) is 0 Å². The fraction of sp³-hybridized carbons (Fsp3) is 0.526. The van der Waals surface area contributed by atoms with Crippen molar-refractivity contribution in [3.8, 4) is 0 Å². The molecule has 1 aromatic heterocycles. The number of carbonyl (C=O) groups is 1. The van der Waals surface area contributed by atoms with Crippen molar-refractivity contribution in [3.63, 3.8) is 0 Å². The van der Waals surface area contributed by atoms with Crippen LogP contribution in [0.3, 0.4) is 0 Å². The lowest BCUT2D eigenvalue weighted by Gasteiger charge is -2.39. The summed E-state index contributed by atoms with van der Waals surface area (Å²) in [6, 6.07) is 10.0. The third-order valence-corrected chi connectivity index (χ3v) is 5.68. The molecule has 4 rings (SSSR count). The summed E-state index contributed by atoms with van der Waals surface area (Å²) < 4.78 is 5.88. The number of hydrogen-bond donors (Lipinski definition) is 1. The Labute approximate surface area is 136 Å². The number of nitrogens with one attached hydrogen (secondary N) is 1.